The van der Waals surface area contributed by atoms with Gasteiger partial charge in [-0.05, 0) is 43.7 Å². The van der Waals surface area contributed by atoms with Gasteiger partial charge in [0, 0.05) is 27.3 Å². The van der Waals surface area contributed by atoms with Crippen LogP contribution in [0.25, 0.3) is 0 Å². The van der Waals surface area contributed by atoms with E-state index < -0.39 is 20.8 Å². The topological polar surface area (TPSA) is 63.2 Å². The van der Waals surface area contributed by atoms with Crippen molar-refractivity contribution in [1.29, 1.82) is 0 Å². The van der Waals surface area contributed by atoms with Crippen molar-refractivity contribution in [2.24, 2.45) is 0 Å². The molecule has 1 aromatic carbocycles. The Balaban J connectivity index is 2.48. The molecule has 19 heavy (non-hydrogen) atoms. The molecular weight excluding hydrogens is 306 g/mol. The fourth-order valence-electron chi connectivity index (χ4n) is 1.58. The van der Waals surface area contributed by atoms with E-state index in [1.165, 1.54) is 7.05 Å². The van der Waals surface area contributed by atoms with Gasteiger partial charge in [0.15, 0.2) is 0 Å². The molecule has 0 fully saturated rings. The van der Waals surface area contributed by atoms with E-state index in [-0.39, 0.29) is 5.75 Å². The monoisotopic (exact) mass is 323 g/mol. The standard InChI is InChI=1S/C12H18ClNO3S2/c1-10-8-12(13)5-4-11(10)9-18(15)6-3-7-19(16,17)14-2/h4-5,8,14H,3,6-7,9H2,1-2H3. The summed E-state index contributed by atoms with van der Waals surface area (Å²) in [6, 6.07) is 5.46. The Kier molecular flexibility index (Phi) is 6.46. The Morgan fingerprint density at radius 2 is 2.05 bits per heavy atom. The van der Waals surface area contributed by atoms with Crippen LogP contribution in [0.15, 0.2) is 18.2 Å². The maximum absolute atomic E-state index is 11.9. The predicted molar refractivity (Wildman–Crippen MR) is 80.4 cm³/mol. The molecule has 1 rings (SSSR count). The Labute approximate surface area is 122 Å². The SMILES string of the molecule is CNS(=O)(=O)CCCS(=O)Cc1ccc(Cl)cc1C. The van der Waals surface area contributed by atoms with Crippen molar-refractivity contribution in [2.45, 2.75) is 19.1 Å². The highest BCUT2D eigenvalue weighted by Gasteiger charge is 2.09. The van der Waals surface area contributed by atoms with Crippen LogP contribution in [0.4, 0.5) is 0 Å². The third-order valence-corrected chi connectivity index (χ3v) is 5.78. The molecule has 1 aromatic rings. The van der Waals surface area contributed by atoms with Crippen molar-refractivity contribution >= 4 is 32.4 Å². The van der Waals surface area contributed by atoms with Gasteiger partial charge in [-0.25, -0.2) is 13.1 Å². The summed E-state index contributed by atoms with van der Waals surface area (Å²) in [6.45, 7) is 1.92. The lowest BCUT2D eigenvalue weighted by Gasteiger charge is -2.07. The van der Waals surface area contributed by atoms with Crippen LogP contribution in [0, 0.1) is 6.92 Å². The van der Waals surface area contributed by atoms with E-state index in [1.54, 1.807) is 6.07 Å². The number of rotatable bonds is 7. The molecule has 4 nitrogen and oxygen atoms in total. The van der Waals surface area contributed by atoms with Gasteiger partial charge in [-0.2, -0.15) is 0 Å². The molecule has 0 saturated carbocycles. The molecule has 0 saturated heterocycles. The Morgan fingerprint density at radius 1 is 1.37 bits per heavy atom. The molecule has 0 amide bonds. The zero-order chi connectivity index (χ0) is 14.5. The minimum atomic E-state index is -3.20. The smallest absolute Gasteiger partial charge is 0.211 e. The van der Waals surface area contributed by atoms with E-state index in [0.29, 0.717) is 22.9 Å². The van der Waals surface area contributed by atoms with E-state index in [1.807, 2.05) is 19.1 Å². The molecule has 0 aliphatic heterocycles. The first-order chi connectivity index (χ1) is 8.84. The second-order valence-corrected chi connectivity index (χ2v) is 8.29. The van der Waals surface area contributed by atoms with Crippen molar-refractivity contribution in [3.8, 4) is 0 Å². The van der Waals surface area contributed by atoms with Crippen LogP contribution >= 0.6 is 11.6 Å². The molecule has 0 aromatic heterocycles. The Morgan fingerprint density at radius 3 is 2.63 bits per heavy atom. The summed E-state index contributed by atoms with van der Waals surface area (Å²) < 4.78 is 36.5. The van der Waals surface area contributed by atoms with Crippen LogP contribution in [-0.2, 0) is 26.6 Å². The van der Waals surface area contributed by atoms with Crippen LogP contribution in [-0.4, -0.2) is 31.2 Å². The van der Waals surface area contributed by atoms with Gasteiger partial charge in [-0.3, -0.25) is 4.21 Å². The normalized spacial score (nSPS) is 13.4. The molecule has 0 aliphatic carbocycles. The van der Waals surface area contributed by atoms with Gasteiger partial charge < -0.3 is 0 Å². The van der Waals surface area contributed by atoms with Crippen molar-refractivity contribution < 1.29 is 12.6 Å². The second kappa shape index (κ2) is 7.38. The van der Waals surface area contributed by atoms with Crippen molar-refractivity contribution in [1.82, 2.24) is 4.72 Å². The predicted octanol–water partition coefficient (Wildman–Crippen LogP) is 1.84. The zero-order valence-corrected chi connectivity index (χ0v) is 13.4. The lowest BCUT2D eigenvalue weighted by atomic mass is 10.1. The average molecular weight is 324 g/mol. The van der Waals surface area contributed by atoms with Crippen molar-refractivity contribution in [3.05, 3.63) is 34.3 Å². The van der Waals surface area contributed by atoms with E-state index >= 15 is 0 Å². The summed E-state index contributed by atoms with van der Waals surface area (Å²) >= 11 is 5.85. The van der Waals surface area contributed by atoms with Crippen molar-refractivity contribution in [2.75, 3.05) is 18.6 Å². The number of benzene rings is 1. The number of halogens is 1. The molecule has 1 N–H and O–H groups in total. The number of aryl methyl sites for hydroxylation is 1. The van der Waals surface area contributed by atoms with Crippen LogP contribution in [0.5, 0.6) is 0 Å². The average Bonchev–Trinajstić information content (AvgIpc) is 2.32. The summed E-state index contributed by atoms with van der Waals surface area (Å²) in [5.41, 5.74) is 1.99. The van der Waals surface area contributed by atoms with Gasteiger partial charge in [0.2, 0.25) is 10.0 Å². The Hall–Kier alpha value is -0.430. The van der Waals surface area contributed by atoms with Gasteiger partial charge in [0.05, 0.1) is 5.75 Å². The molecule has 0 bridgehead atoms. The molecule has 7 heteroatoms. The second-order valence-electron chi connectivity index (χ2n) is 4.24. The molecule has 0 radical (unpaired) electrons. The minimum absolute atomic E-state index is 0.00877. The molecular formula is C12H18ClNO3S2. The molecule has 1 unspecified atom stereocenters. The summed E-state index contributed by atoms with van der Waals surface area (Å²) in [5.74, 6) is 0.820. The maximum atomic E-state index is 11.9. The summed E-state index contributed by atoms with van der Waals surface area (Å²) in [6.07, 6.45) is 0.391. The summed E-state index contributed by atoms with van der Waals surface area (Å²) in [7, 11) is -2.89. The third-order valence-electron chi connectivity index (χ3n) is 2.72. The van der Waals surface area contributed by atoms with Gasteiger partial charge in [0.25, 0.3) is 0 Å². The first-order valence-corrected chi connectivity index (χ1v) is 9.37. The maximum Gasteiger partial charge on any atom is 0.211 e. The van der Waals surface area contributed by atoms with Crippen LogP contribution < -0.4 is 4.72 Å². The minimum Gasteiger partial charge on any atom is -0.259 e. The van der Waals surface area contributed by atoms with E-state index in [0.717, 1.165) is 11.1 Å². The summed E-state index contributed by atoms with van der Waals surface area (Å²) in [5, 5.41) is 0.659. The van der Waals surface area contributed by atoms with E-state index in [4.69, 9.17) is 11.6 Å². The van der Waals surface area contributed by atoms with Gasteiger partial charge in [-0.15, -0.1) is 0 Å². The van der Waals surface area contributed by atoms with Crippen LogP contribution in [0.3, 0.4) is 0 Å². The number of hydrogen-bond donors (Lipinski definition) is 1. The largest absolute Gasteiger partial charge is 0.259 e. The molecule has 0 spiro atoms. The summed E-state index contributed by atoms with van der Waals surface area (Å²) in [4.78, 5) is 0. The van der Waals surface area contributed by atoms with E-state index in [2.05, 4.69) is 4.72 Å². The lowest BCUT2D eigenvalue weighted by molar-refractivity contribution is 0.587. The zero-order valence-electron chi connectivity index (χ0n) is 11.0. The van der Waals surface area contributed by atoms with Gasteiger partial charge in [0.1, 0.15) is 0 Å². The molecule has 0 aliphatic rings. The highest BCUT2D eigenvalue weighted by atomic mass is 35.5. The highest BCUT2D eigenvalue weighted by Crippen LogP contribution is 2.16. The quantitative estimate of drug-likeness (QED) is 0.832. The lowest BCUT2D eigenvalue weighted by Crippen LogP contribution is -2.23. The van der Waals surface area contributed by atoms with Gasteiger partial charge >= 0.3 is 0 Å². The number of sulfonamides is 1. The molecule has 1 atom stereocenters. The van der Waals surface area contributed by atoms with Crippen LogP contribution in [0.1, 0.15) is 17.5 Å². The number of nitrogens with one attached hydrogen (secondary N) is 1. The highest BCUT2D eigenvalue weighted by molar-refractivity contribution is 7.89. The van der Waals surface area contributed by atoms with Gasteiger partial charge in [-0.1, -0.05) is 17.7 Å². The molecule has 108 valence electrons. The van der Waals surface area contributed by atoms with Crippen LogP contribution in [0.2, 0.25) is 5.02 Å². The molecule has 0 heterocycles. The van der Waals surface area contributed by atoms with Crippen molar-refractivity contribution in [3.63, 3.8) is 0 Å². The number of hydrogen-bond acceptors (Lipinski definition) is 3. The third kappa shape index (κ3) is 6.03. The van der Waals surface area contributed by atoms with E-state index in [9.17, 15) is 12.6 Å². The Bertz CT molecular complexity index is 558. The fourth-order valence-corrected chi connectivity index (χ4v) is 4.00. The first kappa shape index (κ1) is 16.6. The first-order valence-electron chi connectivity index (χ1n) is 5.85. The fraction of sp³-hybridized carbons (Fsp3) is 0.500.